The molecule has 62 heavy (non-hydrogen) atoms. The smallest absolute Gasteiger partial charge is 0.254 e. The zero-order valence-electron chi connectivity index (χ0n) is 35.4. The minimum atomic E-state index is -0.369. The fourth-order valence-corrected chi connectivity index (χ4v) is 8.34. The number of methoxy groups -OCH3 is 4. The maximum atomic E-state index is 14.3. The fraction of sp³-hybridized carbons (Fsp3) is 0.231. The Labute approximate surface area is 362 Å². The van der Waals surface area contributed by atoms with Gasteiger partial charge in [-0.05, 0) is 119 Å². The highest BCUT2D eigenvalue weighted by atomic mass is 16.5. The summed E-state index contributed by atoms with van der Waals surface area (Å²) in [7, 11) is 6.53. The van der Waals surface area contributed by atoms with Gasteiger partial charge in [-0.25, -0.2) is 0 Å². The normalized spacial score (nSPS) is 16.8. The molecule has 0 spiro atoms. The summed E-state index contributed by atoms with van der Waals surface area (Å²) >= 11 is 0. The third-order valence-corrected chi connectivity index (χ3v) is 11.6. The summed E-state index contributed by atoms with van der Waals surface area (Å²) in [6, 6.07) is 43.3. The molecule has 3 unspecified atom stereocenters. The standard InChI is InChI=1S/C52H50N2O8/c1-57-40-20-22-42(23-21-40)62-34-48-44-25-24-43(58-2)30-45(44)39(32-54(48)52(56)37-13-9-6-10-14-37)33-61-41-18-15-35(16-19-41)17-26-47-46-31-50(60-4)49(59-3)29-38(46)27-28-53(47)51(55)36-11-7-5-8-12-36/h5-26,29-31,39,47-48H,27-28,32-34H2,1-4H3/b26-17+. The second kappa shape index (κ2) is 19.0. The van der Waals surface area contributed by atoms with Gasteiger partial charge in [-0.1, -0.05) is 66.7 Å². The van der Waals surface area contributed by atoms with Crippen LogP contribution in [0.15, 0.2) is 146 Å². The first-order valence-corrected chi connectivity index (χ1v) is 20.7. The van der Waals surface area contributed by atoms with Crippen LogP contribution in [-0.2, 0) is 6.42 Å². The van der Waals surface area contributed by atoms with E-state index in [1.807, 2.05) is 155 Å². The minimum absolute atomic E-state index is 0.0357. The summed E-state index contributed by atoms with van der Waals surface area (Å²) in [6.45, 7) is 1.53. The van der Waals surface area contributed by atoms with Crippen LogP contribution in [0.2, 0.25) is 0 Å². The number of amides is 2. The quantitative estimate of drug-likeness (QED) is 0.107. The summed E-state index contributed by atoms with van der Waals surface area (Å²) in [5, 5.41) is 0. The van der Waals surface area contributed by atoms with Crippen LogP contribution in [0.4, 0.5) is 0 Å². The molecule has 0 aliphatic carbocycles. The Balaban J connectivity index is 1.03. The highest BCUT2D eigenvalue weighted by Crippen LogP contribution is 2.41. The summed E-state index contributed by atoms with van der Waals surface area (Å²) in [5.41, 5.74) is 6.31. The molecule has 0 N–H and O–H groups in total. The van der Waals surface area contributed by atoms with Gasteiger partial charge in [-0.15, -0.1) is 0 Å². The molecule has 0 aromatic heterocycles. The molecule has 0 saturated heterocycles. The number of rotatable bonds is 14. The van der Waals surface area contributed by atoms with Gasteiger partial charge in [0.2, 0.25) is 0 Å². The van der Waals surface area contributed by atoms with E-state index in [0.717, 1.165) is 39.3 Å². The Hall–Kier alpha value is -7.20. The molecule has 2 aliphatic rings. The summed E-state index contributed by atoms with van der Waals surface area (Å²) in [5.74, 6) is 3.83. The van der Waals surface area contributed by atoms with E-state index in [9.17, 15) is 9.59 Å². The fourth-order valence-electron chi connectivity index (χ4n) is 8.34. The van der Waals surface area contributed by atoms with E-state index in [2.05, 4.69) is 6.08 Å². The Morgan fingerprint density at radius 1 is 0.565 bits per heavy atom. The van der Waals surface area contributed by atoms with Crippen molar-refractivity contribution in [2.24, 2.45) is 0 Å². The van der Waals surface area contributed by atoms with Gasteiger partial charge in [0.15, 0.2) is 11.5 Å². The highest BCUT2D eigenvalue weighted by Gasteiger charge is 2.38. The molecule has 0 bridgehead atoms. The molecule has 3 atom stereocenters. The average Bonchev–Trinajstić information content (AvgIpc) is 3.34. The SMILES string of the molecule is COc1ccc(OCC2c3ccc(OC)cc3C(COc3ccc(/C=C/C4c5cc(OC)c(OC)cc5CCN4C(=O)c4ccccc4)cc3)CN2C(=O)c2ccccc2)cc1. The Morgan fingerprint density at radius 2 is 1.13 bits per heavy atom. The topological polar surface area (TPSA) is 96.0 Å². The lowest BCUT2D eigenvalue weighted by Crippen LogP contribution is -2.45. The monoisotopic (exact) mass is 830 g/mol. The van der Waals surface area contributed by atoms with Crippen molar-refractivity contribution in [3.8, 4) is 34.5 Å². The average molecular weight is 831 g/mol. The number of hydrogen-bond donors (Lipinski definition) is 0. The molecule has 316 valence electrons. The molecule has 0 radical (unpaired) electrons. The molecule has 2 amide bonds. The molecular weight excluding hydrogens is 781 g/mol. The van der Waals surface area contributed by atoms with E-state index < -0.39 is 0 Å². The van der Waals surface area contributed by atoms with Gasteiger partial charge in [-0.2, -0.15) is 0 Å². The van der Waals surface area contributed by atoms with Crippen molar-refractivity contribution >= 4 is 17.9 Å². The second-order valence-corrected chi connectivity index (χ2v) is 15.2. The number of benzene rings is 6. The molecule has 0 saturated carbocycles. The first-order valence-electron chi connectivity index (χ1n) is 20.7. The maximum Gasteiger partial charge on any atom is 0.254 e. The van der Waals surface area contributed by atoms with Gasteiger partial charge in [0, 0.05) is 30.1 Å². The van der Waals surface area contributed by atoms with Gasteiger partial charge < -0.3 is 38.2 Å². The number of ether oxygens (including phenoxy) is 6. The van der Waals surface area contributed by atoms with E-state index in [1.165, 1.54) is 0 Å². The zero-order chi connectivity index (χ0) is 43.0. The maximum absolute atomic E-state index is 14.3. The molecule has 2 aliphatic heterocycles. The van der Waals surface area contributed by atoms with E-state index in [-0.39, 0.29) is 36.4 Å². The molecule has 0 fully saturated rings. The van der Waals surface area contributed by atoms with Crippen molar-refractivity contribution in [3.05, 3.63) is 185 Å². The molecule has 6 aromatic carbocycles. The van der Waals surface area contributed by atoms with E-state index in [4.69, 9.17) is 28.4 Å². The van der Waals surface area contributed by atoms with Crippen molar-refractivity contribution in [2.75, 3.05) is 54.7 Å². The largest absolute Gasteiger partial charge is 0.497 e. The Kier molecular flexibility index (Phi) is 12.7. The van der Waals surface area contributed by atoms with E-state index >= 15 is 0 Å². The van der Waals surface area contributed by atoms with Crippen LogP contribution >= 0.6 is 0 Å². The third kappa shape index (κ3) is 8.95. The van der Waals surface area contributed by atoms with Gasteiger partial charge in [0.1, 0.15) is 29.6 Å². The molecule has 8 rings (SSSR count). The van der Waals surface area contributed by atoms with Crippen LogP contribution in [0.25, 0.3) is 6.08 Å². The third-order valence-electron chi connectivity index (χ3n) is 11.6. The lowest BCUT2D eigenvalue weighted by atomic mass is 9.85. The van der Waals surface area contributed by atoms with Crippen LogP contribution in [0.1, 0.15) is 66.5 Å². The van der Waals surface area contributed by atoms with Crippen molar-refractivity contribution < 1.29 is 38.0 Å². The lowest BCUT2D eigenvalue weighted by molar-refractivity contribution is 0.0538. The number of hydrogen-bond acceptors (Lipinski definition) is 8. The number of fused-ring (bicyclic) bond motifs is 2. The van der Waals surface area contributed by atoms with Gasteiger partial charge in [0.25, 0.3) is 11.8 Å². The van der Waals surface area contributed by atoms with Crippen LogP contribution in [-0.4, -0.2) is 76.4 Å². The predicted molar refractivity (Wildman–Crippen MR) is 239 cm³/mol. The number of nitrogens with zero attached hydrogens (tertiary/aromatic N) is 2. The van der Waals surface area contributed by atoms with Gasteiger partial charge in [-0.3, -0.25) is 9.59 Å². The Morgan fingerprint density at radius 3 is 1.76 bits per heavy atom. The molecule has 6 aromatic rings. The minimum Gasteiger partial charge on any atom is -0.497 e. The molecule has 10 nitrogen and oxygen atoms in total. The number of carbonyl (C=O) groups is 2. The Bertz CT molecular complexity index is 2510. The zero-order valence-corrected chi connectivity index (χ0v) is 35.4. The first-order chi connectivity index (χ1) is 30.4. The van der Waals surface area contributed by atoms with Crippen molar-refractivity contribution in [3.63, 3.8) is 0 Å². The van der Waals surface area contributed by atoms with E-state index in [1.54, 1.807) is 28.4 Å². The predicted octanol–water partition coefficient (Wildman–Crippen LogP) is 9.61. The van der Waals surface area contributed by atoms with Crippen LogP contribution in [0.3, 0.4) is 0 Å². The van der Waals surface area contributed by atoms with E-state index in [0.29, 0.717) is 60.2 Å². The number of carbonyl (C=O) groups excluding carboxylic acids is 2. The van der Waals surface area contributed by atoms with Crippen molar-refractivity contribution in [1.82, 2.24) is 9.80 Å². The summed E-state index contributed by atoms with van der Waals surface area (Å²) in [6.07, 6.45) is 4.80. The molecule has 10 heteroatoms. The second-order valence-electron chi connectivity index (χ2n) is 15.2. The highest BCUT2D eigenvalue weighted by molar-refractivity contribution is 5.95. The van der Waals surface area contributed by atoms with Crippen molar-refractivity contribution in [1.29, 1.82) is 0 Å². The lowest BCUT2D eigenvalue weighted by Gasteiger charge is -2.41. The molecular formula is C52H50N2O8. The van der Waals surface area contributed by atoms with Gasteiger partial charge >= 0.3 is 0 Å². The van der Waals surface area contributed by atoms with Gasteiger partial charge in [0.05, 0.1) is 47.1 Å². The summed E-state index contributed by atoms with van der Waals surface area (Å²) < 4.78 is 35.1. The van der Waals surface area contributed by atoms with Crippen LogP contribution in [0.5, 0.6) is 34.5 Å². The van der Waals surface area contributed by atoms with Crippen molar-refractivity contribution in [2.45, 2.75) is 24.4 Å². The van der Waals surface area contributed by atoms with Crippen LogP contribution < -0.4 is 28.4 Å². The molecule has 2 heterocycles. The first kappa shape index (κ1) is 41.5. The summed E-state index contributed by atoms with van der Waals surface area (Å²) in [4.78, 5) is 32.0. The van der Waals surface area contributed by atoms with Crippen LogP contribution in [0, 0.1) is 0 Å².